The lowest BCUT2D eigenvalue weighted by molar-refractivity contribution is 0.00867. The normalized spacial score (nSPS) is 21.8. The zero-order valence-corrected chi connectivity index (χ0v) is 41.4. The number of imidazole rings is 2. The van der Waals surface area contributed by atoms with E-state index in [0.717, 1.165) is 149 Å². The van der Waals surface area contributed by atoms with Gasteiger partial charge >= 0.3 is 0 Å². The van der Waals surface area contributed by atoms with Gasteiger partial charge in [-0.15, -0.1) is 0 Å². The van der Waals surface area contributed by atoms with Crippen molar-refractivity contribution in [1.29, 1.82) is 0 Å². The number of aliphatic hydroxyl groups is 2. The average Bonchev–Trinajstić information content (AvgIpc) is 4.18. The third-order valence-corrected chi connectivity index (χ3v) is 15.7. The van der Waals surface area contributed by atoms with E-state index >= 15 is 0 Å². The van der Waals surface area contributed by atoms with Crippen molar-refractivity contribution in [2.75, 3.05) is 77.3 Å². The summed E-state index contributed by atoms with van der Waals surface area (Å²) in [5, 5.41) is 26.9. The van der Waals surface area contributed by atoms with Gasteiger partial charge in [-0.3, -0.25) is 28.6 Å². The van der Waals surface area contributed by atoms with E-state index in [0.29, 0.717) is 36.6 Å². The average molecular weight is 923 g/mol. The Bertz CT molecular complexity index is 2500. The van der Waals surface area contributed by atoms with Crippen LogP contribution in [0.2, 0.25) is 0 Å². The molecular weight excluding hydrogens is 849 g/mol. The van der Waals surface area contributed by atoms with Gasteiger partial charge in [0.2, 0.25) is 0 Å². The van der Waals surface area contributed by atoms with Crippen LogP contribution in [0.25, 0.3) is 11.3 Å². The third kappa shape index (κ3) is 8.92. The van der Waals surface area contributed by atoms with Crippen LogP contribution in [0.1, 0.15) is 135 Å². The first-order chi connectivity index (χ1) is 33.1. The molecule has 362 valence electrons. The van der Waals surface area contributed by atoms with Crippen LogP contribution >= 0.6 is 0 Å². The highest BCUT2D eigenvalue weighted by molar-refractivity contribution is 5.58. The maximum atomic E-state index is 13.5. The van der Waals surface area contributed by atoms with Gasteiger partial charge in [0.1, 0.15) is 35.1 Å². The van der Waals surface area contributed by atoms with Crippen molar-refractivity contribution < 1.29 is 10.2 Å². The number of pyridine rings is 4. The van der Waals surface area contributed by atoms with Crippen molar-refractivity contribution in [1.82, 2.24) is 48.3 Å². The molecule has 2 N–H and O–H groups in total. The summed E-state index contributed by atoms with van der Waals surface area (Å²) >= 11 is 0. The van der Waals surface area contributed by atoms with Crippen molar-refractivity contribution >= 4 is 22.9 Å². The van der Waals surface area contributed by atoms with Crippen LogP contribution in [0.4, 0.5) is 11.6 Å². The van der Waals surface area contributed by atoms with Crippen LogP contribution in [0.3, 0.4) is 0 Å². The monoisotopic (exact) mass is 923 g/mol. The Kier molecular flexibility index (Phi) is 13.9. The van der Waals surface area contributed by atoms with Gasteiger partial charge in [0.05, 0.1) is 46.2 Å². The van der Waals surface area contributed by atoms with Crippen LogP contribution in [-0.2, 0) is 25.9 Å². The molecule has 2 aliphatic carbocycles. The summed E-state index contributed by atoms with van der Waals surface area (Å²) in [4.78, 5) is 35.4. The lowest BCUT2D eigenvalue weighted by Crippen LogP contribution is -2.34. The molecule has 68 heavy (non-hydrogen) atoms. The molecule has 6 atom stereocenters. The number of hydrogen-bond donors (Lipinski definition) is 2. The molecule has 2 saturated heterocycles. The number of hydrogen-bond acceptors (Lipinski definition) is 12. The Labute approximate surface area is 403 Å². The Morgan fingerprint density at radius 2 is 1.03 bits per heavy atom. The number of aryl methyl sites for hydroxylation is 2. The number of nitrogens with zero attached hydrogens (tertiary/aromatic N) is 12. The summed E-state index contributed by atoms with van der Waals surface area (Å²) in [6.07, 6.45) is 11.5. The second-order valence-corrected chi connectivity index (χ2v) is 20.5. The minimum absolute atomic E-state index is 0.127. The third-order valence-electron chi connectivity index (χ3n) is 15.7. The minimum atomic E-state index is -1.34. The molecule has 4 aliphatic rings. The first kappa shape index (κ1) is 46.8. The molecule has 0 amide bonds. The second kappa shape index (κ2) is 20.2. The standard InChI is InChI=1S/C54H74N12O2/c1-7-29-61(43-19-9-15-37-17-13-27-55-49(37)43)35-41-51(65-45(57-41)21-11-23-47(65)63-31-25-39(33-63)59(3)4)53(67)54(68)52-42(36-62(30-8-2)44-20-10-16-38-18-14-28-56-50(38)44)58-46-22-12-24-48(66(46)52)64-32-26-40(34-64)60(5)6/h11-14,17-18,21-24,27-28,39-40,43-44,53-54,67-68H,7-10,15-16,19-20,25-26,29-36H2,1-6H3/t39-,40-,43+,44+,53?,54?/m1/s1. The zero-order valence-electron chi connectivity index (χ0n) is 41.4. The number of aliphatic hydroxyl groups excluding tert-OH is 2. The molecule has 0 bridgehead atoms. The number of fused-ring (bicyclic) bond motifs is 4. The molecule has 14 nitrogen and oxygen atoms in total. The SMILES string of the molecule is CCCN(Cc1nc2cccc(N3CC[C@@H](N(C)C)C3)n2c1C(O)C(O)c1c(CN(CCC)[C@H]2CCCc3cccnc32)nc2cccc(N3CC[C@@H](N(C)C)C3)n12)[C@H]1CCCc2cccnc21. The van der Waals surface area contributed by atoms with Crippen molar-refractivity contribution in [3.63, 3.8) is 0 Å². The van der Waals surface area contributed by atoms with E-state index in [9.17, 15) is 10.2 Å². The Hall–Kier alpha value is -4.96. The molecule has 0 saturated carbocycles. The minimum Gasteiger partial charge on any atom is -0.384 e. The molecule has 2 unspecified atom stereocenters. The van der Waals surface area contributed by atoms with Gasteiger partial charge < -0.3 is 29.8 Å². The molecule has 10 rings (SSSR count). The topological polar surface area (TPSA) is 120 Å². The van der Waals surface area contributed by atoms with E-state index in [2.05, 4.69) is 141 Å². The fraction of sp³-hybridized carbons (Fsp3) is 0.556. The number of aromatic nitrogens is 6. The molecule has 0 spiro atoms. The predicted molar refractivity (Wildman–Crippen MR) is 270 cm³/mol. The summed E-state index contributed by atoms with van der Waals surface area (Å²) in [5.74, 6) is 1.98. The molecule has 0 aromatic carbocycles. The van der Waals surface area contributed by atoms with E-state index in [4.69, 9.17) is 19.9 Å². The summed E-state index contributed by atoms with van der Waals surface area (Å²) in [6.45, 7) is 10.7. The molecule has 0 radical (unpaired) electrons. The molecule has 8 heterocycles. The highest BCUT2D eigenvalue weighted by Gasteiger charge is 2.38. The summed E-state index contributed by atoms with van der Waals surface area (Å²) in [5.41, 5.74) is 9.32. The highest BCUT2D eigenvalue weighted by atomic mass is 16.3. The van der Waals surface area contributed by atoms with Gasteiger partial charge in [0.15, 0.2) is 0 Å². The summed E-state index contributed by atoms with van der Waals surface area (Å²) in [6, 6.07) is 22.3. The van der Waals surface area contributed by atoms with E-state index in [1.807, 2.05) is 12.4 Å². The van der Waals surface area contributed by atoms with Gasteiger partial charge in [0.25, 0.3) is 0 Å². The summed E-state index contributed by atoms with van der Waals surface area (Å²) in [7, 11) is 8.63. The molecule has 6 aromatic rings. The van der Waals surface area contributed by atoms with Crippen LogP contribution in [0.5, 0.6) is 0 Å². The molecule has 2 fully saturated rings. The summed E-state index contributed by atoms with van der Waals surface area (Å²) < 4.78 is 4.33. The van der Waals surface area contributed by atoms with Crippen molar-refractivity contribution in [2.24, 2.45) is 0 Å². The second-order valence-electron chi connectivity index (χ2n) is 20.5. The Morgan fingerprint density at radius 3 is 1.43 bits per heavy atom. The van der Waals surface area contributed by atoms with E-state index < -0.39 is 12.2 Å². The van der Waals surface area contributed by atoms with E-state index in [1.165, 1.54) is 11.1 Å². The molecular formula is C54H74N12O2. The smallest absolute Gasteiger partial charge is 0.138 e. The van der Waals surface area contributed by atoms with E-state index in [-0.39, 0.29) is 12.1 Å². The lowest BCUT2D eigenvalue weighted by Gasteiger charge is -2.35. The number of likely N-dealkylation sites (N-methyl/N-ethyl adjacent to an activating group) is 2. The molecule has 6 aromatic heterocycles. The van der Waals surface area contributed by atoms with Gasteiger partial charge in [-0.25, -0.2) is 9.97 Å². The number of anilines is 2. The lowest BCUT2D eigenvalue weighted by atomic mass is 9.90. The first-order valence-electron chi connectivity index (χ1n) is 25.7. The van der Waals surface area contributed by atoms with E-state index in [1.54, 1.807) is 0 Å². The maximum Gasteiger partial charge on any atom is 0.138 e. The predicted octanol–water partition coefficient (Wildman–Crippen LogP) is 7.40. The van der Waals surface area contributed by atoms with Gasteiger partial charge in [-0.1, -0.05) is 38.1 Å². The Balaban J connectivity index is 1.12. The van der Waals surface area contributed by atoms with Crippen molar-refractivity contribution in [3.05, 3.63) is 118 Å². The Morgan fingerprint density at radius 1 is 0.588 bits per heavy atom. The van der Waals surface area contributed by atoms with Crippen LogP contribution in [0, 0.1) is 0 Å². The van der Waals surface area contributed by atoms with Crippen molar-refractivity contribution in [3.8, 4) is 0 Å². The number of rotatable bonds is 17. The van der Waals surface area contributed by atoms with Gasteiger partial charge in [0, 0.05) is 63.7 Å². The molecule has 14 heteroatoms. The zero-order chi connectivity index (χ0) is 47.1. The van der Waals surface area contributed by atoms with Gasteiger partial charge in [-0.2, -0.15) is 0 Å². The quantitative estimate of drug-likeness (QED) is 0.0950. The van der Waals surface area contributed by atoms with Crippen LogP contribution < -0.4 is 9.80 Å². The highest BCUT2D eigenvalue weighted by Crippen LogP contribution is 2.42. The maximum absolute atomic E-state index is 13.5. The fourth-order valence-electron chi connectivity index (χ4n) is 12.2. The van der Waals surface area contributed by atoms with Gasteiger partial charge in [-0.05, 0) is 153 Å². The largest absolute Gasteiger partial charge is 0.384 e. The van der Waals surface area contributed by atoms with Crippen LogP contribution in [0.15, 0.2) is 73.1 Å². The first-order valence-corrected chi connectivity index (χ1v) is 25.7. The van der Waals surface area contributed by atoms with Crippen molar-refractivity contribution in [2.45, 2.75) is 128 Å². The fourth-order valence-corrected chi connectivity index (χ4v) is 12.2. The molecule has 2 aliphatic heterocycles. The van der Waals surface area contributed by atoms with Crippen LogP contribution in [-0.4, -0.2) is 138 Å².